The Morgan fingerprint density at radius 1 is 1.41 bits per heavy atom. The van der Waals surface area contributed by atoms with Gasteiger partial charge in [-0.1, -0.05) is 30.3 Å². The van der Waals surface area contributed by atoms with Gasteiger partial charge in [-0.25, -0.2) is 14.6 Å². The van der Waals surface area contributed by atoms with Crippen LogP contribution >= 0.6 is 7.75 Å². The third-order valence-electron chi connectivity index (χ3n) is 5.20. The fraction of sp³-hybridized carbons (Fsp3) is 0.389. The monoisotopic (exact) mass is 466 g/mol. The van der Waals surface area contributed by atoms with Crippen molar-refractivity contribution in [2.45, 2.75) is 37.5 Å². The normalized spacial score (nSPS) is 27.6. The smallest absolute Gasteiger partial charge is 0.387 e. The molecule has 4 rings (SSSR count). The first-order valence-electron chi connectivity index (χ1n) is 9.63. The number of ether oxygens (including phenoxy) is 1. The average Bonchev–Trinajstić information content (AvgIpc) is 3.25. The second-order valence-electron chi connectivity index (χ2n) is 7.61. The second-order valence-corrected chi connectivity index (χ2v) is 9.22. The zero-order valence-electron chi connectivity index (χ0n) is 17.0. The van der Waals surface area contributed by atoms with E-state index in [9.17, 15) is 24.5 Å². The van der Waals surface area contributed by atoms with Crippen molar-refractivity contribution in [2.75, 3.05) is 12.3 Å². The van der Waals surface area contributed by atoms with Crippen LogP contribution in [0.15, 0.2) is 41.5 Å². The van der Waals surface area contributed by atoms with Crippen molar-refractivity contribution in [3.05, 3.63) is 52.6 Å². The third kappa shape index (κ3) is 4.32. The van der Waals surface area contributed by atoms with Gasteiger partial charge in [-0.2, -0.15) is 4.98 Å². The first-order valence-corrected chi connectivity index (χ1v) is 11.2. The Morgan fingerprint density at radius 2 is 2.12 bits per heavy atom. The van der Waals surface area contributed by atoms with Crippen LogP contribution in [0.1, 0.15) is 18.7 Å². The Kier molecular flexibility index (Phi) is 5.90. The maximum absolute atomic E-state index is 12.3. The van der Waals surface area contributed by atoms with Crippen LogP contribution < -0.4 is 16.4 Å². The summed E-state index contributed by atoms with van der Waals surface area (Å²) in [5.41, 5.74) is 3.95. The van der Waals surface area contributed by atoms with E-state index in [0.29, 0.717) is 0 Å². The van der Waals surface area contributed by atoms with Crippen LogP contribution in [0.2, 0.25) is 0 Å². The number of aliphatic hydroxyl groups excluding tert-OH is 1. The minimum absolute atomic E-state index is 0.0299. The van der Waals surface area contributed by atoms with Crippen molar-refractivity contribution in [1.82, 2.24) is 24.6 Å². The lowest BCUT2D eigenvalue weighted by Crippen LogP contribution is -2.44. The largest absolute Gasteiger partial charge is 0.403 e. The fourth-order valence-electron chi connectivity index (χ4n) is 3.50. The summed E-state index contributed by atoms with van der Waals surface area (Å²) in [6.07, 6.45) is -2.65. The number of fused-ring (bicyclic) bond motifs is 1. The van der Waals surface area contributed by atoms with Crippen molar-refractivity contribution < 1.29 is 28.9 Å². The molecule has 1 aromatic carbocycles. The summed E-state index contributed by atoms with van der Waals surface area (Å²) >= 11 is 0. The van der Waals surface area contributed by atoms with E-state index in [2.05, 4.69) is 20.0 Å². The second kappa shape index (κ2) is 8.37. The highest BCUT2D eigenvalue weighted by atomic mass is 31.2. The van der Waals surface area contributed by atoms with Crippen molar-refractivity contribution in [3.63, 3.8) is 0 Å². The zero-order chi connectivity index (χ0) is 23.1. The molecule has 1 fully saturated rings. The van der Waals surface area contributed by atoms with E-state index < -0.39 is 43.9 Å². The highest BCUT2D eigenvalue weighted by Gasteiger charge is 2.54. The molecule has 2 aromatic heterocycles. The van der Waals surface area contributed by atoms with Gasteiger partial charge in [-0.15, -0.1) is 0 Å². The van der Waals surface area contributed by atoms with E-state index in [1.54, 1.807) is 24.3 Å². The summed E-state index contributed by atoms with van der Waals surface area (Å²) in [5, 5.41) is 23.9. The number of hydrogen-bond acceptors (Lipinski definition) is 9. The molecule has 1 aliphatic rings. The molecule has 3 aromatic rings. The van der Waals surface area contributed by atoms with Crippen molar-refractivity contribution in [1.29, 1.82) is 0 Å². The lowest BCUT2D eigenvalue weighted by Gasteiger charge is -2.27. The molecule has 5 atom stereocenters. The lowest BCUT2D eigenvalue weighted by molar-refractivity contribution is -0.0948. The average molecular weight is 466 g/mol. The molecule has 0 aliphatic carbocycles. The van der Waals surface area contributed by atoms with Gasteiger partial charge in [0.05, 0.1) is 12.9 Å². The molecule has 13 nitrogen and oxygen atoms in total. The van der Waals surface area contributed by atoms with Gasteiger partial charge in [0.15, 0.2) is 17.4 Å². The lowest BCUT2D eigenvalue weighted by atomic mass is 9.96. The minimum Gasteiger partial charge on any atom is -0.387 e. The Labute approximate surface area is 181 Å². The highest BCUT2D eigenvalue weighted by molar-refractivity contribution is 7.50. The molecule has 14 heteroatoms. The van der Waals surface area contributed by atoms with E-state index >= 15 is 0 Å². The van der Waals surface area contributed by atoms with Gasteiger partial charge in [0.25, 0.3) is 5.56 Å². The number of anilines is 1. The Balaban J connectivity index is 1.48. The van der Waals surface area contributed by atoms with Crippen LogP contribution in [0.25, 0.3) is 11.2 Å². The van der Waals surface area contributed by atoms with Gasteiger partial charge >= 0.3 is 7.75 Å². The van der Waals surface area contributed by atoms with E-state index in [1.807, 2.05) is 6.07 Å². The van der Waals surface area contributed by atoms with Gasteiger partial charge in [0.1, 0.15) is 17.8 Å². The Bertz CT molecular complexity index is 1210. The van der Waals surface area contributed by atoms with Crippen molar-refractivity contribution in [2.24, 2.45) is 0 Å². The number of hydrogen-bond donors (Lipinski definition) is 6. The Morgan fingerprint density at radius 3 is 2.84 bits per heavy atom. The molecule has 0 radical (unpaired) electrons. The van der Waals surface area contributed by atoms with Gasteiger partial charge in [-0.05, 0) is 12.5 Å². The number of aromatic nitrogens is 4. The number of nitrogens with one attached hydrogen (secondary N) is 2. The number of nitrogen functional groups attached to an aromatic ring is 1. The van der Waals surface area contributed by atoms with Crippen LogP contribution in [0.3, 0.4) is 0 Å². The SMILES string of the molecule is CC1(O)C(O)C(COP(=O)(O)NCc2ccccc2)OC1n1cnc2c(=O)[nH]c(N)nc21. The molecular formula is C18H23N6O7P. The molecule has 1 aliphatic heterocycles. The standard InChI is InChI=1S/C18H23N6O7P/c1-18(27)13(25)11(8-30-32(28,29)21-7-10-5-3-2-4-6-10)31-16(18)24-9-20-12-14(24)22-17(19)23-15(12)26/h2-6,9,11,13,16,25,27H,7-8H2,1H3,(H2,21,28,29)(H3,19,22,23,26). The number of aromatic amines is 1. The zero-order valence-corrected chi connectivity index (χ0v) is 17.8. The van der Waals surface area contributed by atoms with Crippen LogP contribution in [0.5, 0.6) is 0 Å². The molecule has 0 amide bonds. The van der Waals surface area contributed by atoms with E-state index in [1.165, 1.54) is 17.8 Å². The number of nitrogens with two attached hydrogens (primary N) is 1. The van der Waals surface area contributed by atoms with Crippen LogP contribution in [-0.2, 0) is 20.4 Å². The number of rotatable bonds is 7. The van der Waals surface area contributed by atoms with Gasteiger partial charge in [0, 0.05) is 6.54 Å². The van der Waals surface area contributed by atoms with Gasteiger partial charge < -0.3 is 25.6 Å². The first-order chi connectivity index (χ1) is 15.1. The molecule has 3 heterocycles. The summed E-state index contributed by atoms with van der Waals surface area (Å²) in [5.74, 6) is -0.159. The molecule has 0 spiro atoms. The molecule has 7 N–H and O–H groups in total. The number of nitrogens with zero attached hydrogens (tertiary/aromatic N) is 3. The maximum Gasteiger partial charge on any atom is 0.403 e. The van der Waals surface area contributed by atoms with Crippen molar-refractivity contribution in [3.8, 4) is 0 Å². The molecule has 32 heavy (non-hydrogen) atoms. The number of aliphatic hydroxyl groups is 2. The summed E-state index contributed by atoms with van der Waals surface area (Å²) < 4.78 is 24.4. The number of benzene rings is 1. The topological polar surface area (TPSA) is 198 Å². The van der Waals surface area contributed by atoms with E-state index in [-0.39, 0.29) is 23.7 Å². The summed E-state index contributed by atoms with van der Waals surface area (Å²) in [6.45, 7) is 0.911. The van der Waals surface area contributed by atoms with Gasteiger partial charge in [0.2, 0.25) is 5.95 Å². The molecule has 0 saturated carbocycles. The van der Waals surface area contributed by atoms with E-state index in [4.69, 9.17) is 15.0 Å². The predicted molar refractivity (Wildman–Crippen MR) is 112 cm³/mol. The fourth-order valence-corrected chi connectivity index (χ4v) is 4.32. The molecule has 172 valence electrons. The molecule has 1 saturated heterocycles. The first kappa shape index (κ1) is 22.6. The molecular weight excluding hydrogens is 443 g/mol. The van der Waals surface area contributed by atoms with Crippen LogP contribution in [-0.4, -0.2) is 59.0 Å². The summed E-state index contributed by atoms with van der Waals surface area (Å²) in [4.78, 5) is 32.3. The minimum atomic E-state index is -4.23. The predicted octanol–water partition coefficient (Wildman–Crippen LogP) is -0.382. The quantitative estimate of drug-likeness (QED) is 0.248. The van der Waals surface area contributed by atoms with Gasteiger partial charge in [-0.3, -0.25) is 18.9 Å². The Hall–Kier alpha value is -2.64. The maximum atomic E-state index is 12.3. The van der Waals surface area contributed by atoms with E-state index in [0.717, 1.165) is 5.56 Å². The van der Waals surface area contributed by atoms with Crippen LogP contribution in [0.4, 0.5) is 5.95 Å². The summed E-state index contributed by atoms with van der Waals surface area (Å²) in [7, 11) is -4.23. The van der Waals surface area contributed by atoms with Crippen molar-refractivity contribution >= 4 is 24.9 Å². The number of imidazole rings is 1. The molecule has 0 bridgehead atoms. The third-order valence-corrected chi connectivity index (χ3v) is 6.25. The molecule has 5 unspecified atom stereocenters. The number of H-pyrrole nitrogens is 1. The summed E-state index contributed by atoms with van der Waals surface area (Å²) in [6, 6.07) is 8.96. The highest BCUT2D eigenvalue weighted by Crippen LogP contribution is 2.42. The van der Waals surface area contributed by atoms with Crippen LogP contribution in [0, 0.1) is 0 Å².